The molecule has 1 unspecified atom stereocenters. The fourth-order valence-electron chi connectivity index (χ4n) is 3.10. The number of piperazine rings is 1. The molecule has 0 aromatic heterocycles. The predicted molar refractivity (Wildman–Crippen MR) is 79.5 cm³/mol. The minimum atomic E-state index is 0.272. The van der Waals surface area contributed by atoms with Crippen LogP contribution in [0, 0.1) is 0 Å². The molecule has 108 valence electrons. The standard InChI is InChI=1S/C16H23N3O/c1-13-10-17-7-9-18(13)12-16(20)19-8-6-14-4-2-3-5-15(14)11-19/h2-5,13,17H,6-12H2,1H3. The van der Waals surface area contributed by atoms with Crippen LogP contribution in [-0.2, 0) is 17.8 Å². The summed E-state index contributed by atoms with van der Waals surface area (Å²) in [6.45, 7) is 7.32. The van der Waals surface area contributed by atoms with Crippen LogP contribution in [0.2, 0.25) is 0 Å². The molecule has 1 aromatic carbocycles. The molecule has 0 saturated carbocycles. The van der Waals surface area contributed by atoms with E-state index in [0.717, 1.165) is 39.1 Å². The van der Waals surface area contributed by atoms with Crippen molar-refractivity contribution in [2.24, 2.45) is 0 Å². The van der Waals surface area contributed by atoms with Gasteiger partial charge in [-0.25, -0.2) is 0 Å². The van der Waals surface area contributed by atoms with Gasteiger partial charge >= 0.3 is 0 Å². The number of carbonyl (C=O) groups is 1. The number of hydrogen-bond donors (Lipinski definition) is 1. The molecule has 4 nitrogen and oxygen atoms in total. The molecule has 0 spiro atoms. The number of nitrogens with zero attached hydrogens (tertiary/aromatic N) is 2. The lowest BCUT2D eigenvalue weighted by Gasteiger charge is -2.36. The molecule has 2 aliphatic heterocycles. The average Bonchev–Trinajstić information content (AvgIpc) is 2.49. The summed E-state index contributed by atoms with van der Waals surface area (Å²) in [6.07, 6.45) is 0.985. The van der Waals surface area contributed by atoms with E-state index in [1.165, 1.54) is 11.1 Å². The molecule has 20 heavy (non-hydrogen) atoms. The normalized spacial score (nSPS) is 23.4. The Kier molecular flexibility index (Phi) is 4.03. The zero-order valence-electron chi connectivity index (χ0n) is 12.1. The highest BCUT2D eigenvalue weighted by atomic mass is 16.2. The molecule has 1 atom stereocenters. The second-order valence-corrected chi connectivity index (χ2v) is 5.86. The van der Waals surface area contributed by atoms with Gasteiger partial charge in [-0.05, 0) is 24.5 Å². The van der Waals surface area contributed by atoms with Crippen LogP contribution in [0.4, 0.5) is 0 Å². The fourth-order valence-corrected chi connectivity index (χ4v) is 3.10. The molecule has 3 rings (SSSR count). The van der Waals surface area contributed by atoms with Crippen LogP contribution < -0.4 is 5.32 Å². The minimum Gasteiger partial charge on any atom is -0.337 e. The first kappa shape index (κ1) is 13.6. The van der Waals surface area contributed by atoms with Crippen molar-refractivity contribution in [3.8, 4) is 0 Å². The third-order valence-corrected chi connectivity index (χ3v) is 4.46. The van der Waals surface area contributed by atoms with E-state index in [9.17, 15) is 4.79 Å². The molecule has 1 amide bonds. The SMILES string of the molecule is CC1CNCCN1CC(=O)N1CCc2ccccc2C1. The van der Waals surface area contributed by atoms with E-state index in [4.69, 9.17) is 0 Å². The van der Waals surface area contributed by atoms with Gasteiger partial charge in [0, 0.05) is 38.8 Å². The van der Waals surface area contributed by atoms with E-state index in [1.54, 1.807) is 0 Å². The highest BCUT2D eigenvalue weighted by molar-refractivity contribution is 5.78. The van der Waals surface area contributed by atoms with E-state index in [-0.39, 0.29) is 5.91 Å². The second-order valence-electron chi connectivity index (χ2n) is 5.86. The molecule has 0 radical (unpaired) electrons. The summed E-state index contributed by atoms with van der Waals surface area (Å²) in [5.74, 6) is 0.272. The molecule has 0 aliphatic carbocycles. The lowest BCUT2D eigenvalue weighted by Crippen LogP contribution is -2.53. The van der Waals surface area contributed by atoms with E-state index >= 15 is 0 Å². The van der Waals surface area contributed by atoms with Crippen molar-refractivity contribution < 1.29 is 4.79 Å². The van der Waals surface area contributed by atoms with Gasteiger partial charge in [-0.15, -0.1) is 0 Å². The Hall–Kier alpha value is -1.39. The van der Waals surface area contributed by atoms with Crippen molar-refractivity contribution in [2.75, 3.05) is 32.7 Å². The molecule has 2 aliphatic rings. The number of nitrogens with one attached hydrogen (secondary N) is 1. The number of carbonyl (C=O) groups excluding carboxylic acids is 1. The molecule has 1 saturated heterocycles. The molecular weight excluding hydrogens is 250 g/mol. The summed E-state index contributed by atoms with van der Waals surface area (Å²) in [5.41, 5.74) is 2.70. The topological polar surface area (TPSA) is 35.6 Å². The van der Waals surface area contributed by atoms with E-state index < -0.39 is 0 Å². The van der Waals surface area contributed by atoms with Gasteiger partial charge in [0.05, 0.1) is 6.54 Å². The maximum Gasteiger partial charge on any atom is 0.237 e. The number of fused-ring (bicyclic) bond motifs is 1. The molecule has 4 heteroatoms. The molecular formula is C16H23N3O. The number of amides is 1. The summed E-state index contributed by atoms with van der Waals surface area (Å²) in [7, 11) is 0. The third-order valence-electron chi connectivity index (χ3n) is 4.46. The maximum absolute atomic E-state index is 12.5. The highest BCUT2D eigenvalue weighted by Crippen LogP contribution is 2.18. The largest absolute Gasteiger partial charge is 0.337 e. The van der Waals surface area contributed by atoms with Crippen LogP contribution in [0.3, 0.4) is 0 Å². The monoisotopic (exact) mass is 273 g/mol. The first-order valence-corrected chi connectivity index (χ1v) is 7.53. The smallest absolute Gasteiger partial charge is 0.237 e. The van der Waals surface area contributed by atoms with Crippen LogP contribution in [0.1, 0.15) is 18.1 Å². The molecule has 1 N–H and O–H groups in total. The lowest BCUT2D eigenvalue weighted by molar-refractivity contribution is -0.134. The van der Waals surface area contributed by atoms with Gasteiger partial charge in [0.25, 0.3) is 0 Å². The van der Waals surface area contributed by atoms with E-state index in [0.29, 0.717) is 12.6 Å². The highest BCUT2D eigenvalue weighted by Gasteiger charge is 2.25. The number of hydrogen-bond acceptors (Lipinski definition) is 3. The van der Waals surface area contributed by atoms with Crippen LogP contribution in [0.5, 0.6) is 0 Å². The van der Waals surface area contributed by atoms with Gasteiger partial charge in [0.1, 0.15) is 0 Å². The first-order valence-electron chi connectivity index (χ1n) is 7.53. The molecule has 2 heterocycles. The van der Waals surface area contributed by atoms with Crippen molar-refractivity contribution in [3.63, 3.8) is 0 Å². The Morgan fingerprint density at radius 1 is 1.30 bits per heavy atom. The van der Waals surface area contributed by atoms with Gasteiger partial charge in [-0.2, -0.15) is 0 Å². The van der Waals surface area contributed by atoms with Crippen molar-refractivity contribution in [2.45, 2.75) is 25.9 Å². The second kappa shape index (κ2) is 5.94. The zero-order valence-corrected chi connectivity index (χ0v) is 12.1. The lowest BCUT2D eigenvalue weighted by atomic mass is 10.00. The summed E-state index contributed by atoms with van der Waals surface area (Å²) < 4.78 is 0. The zero-order chi connectivity index (χ0) is 13.9. The van der Waals surface area contributed by atoms with Crippen molar-refractivity contribution in [1.82, 2.24) is 15.1 Å². The Labute approximate surface area is 120 Å². The average molecular weight is 273 g/mol. The van der Waals surface area contributed by atoms with E-state index in [2.05, 4.69) is 41.4 Å². The van der Waals surface area contributed by atoms with Gasteiger partial charge in [-0.3, -0.25) is 9.69 Å². The predicted octanol–water partition coefficient (Wildman–Crippen LogP) is 0.865. The summed E-state index contributed by atoms with van der Waals surface area (Å²) in [4.78, 5) is 16.8. The van der Waals surface area contributed by atoms with Gasteiger partial charge in [0.2, 0.25) is 5.91 Å². The minimum absolute atomic E-state index is 0.272. The van der Waals surface area contributed by atoms with Crippen molar-refractivity contribution in [1.29, 1.82) is 0 Å². The van der Waals surface area contributed by atoms with Gasteiger partial charge in [0.15, 0.2) is 0 Å². The summed E-state index contributed by atoms with van der Waals surface area (Å²) in [6, 6.07) is 8.91. The number of rotatable bonds is 2. The quantitative estimate of drug-likeness (QED) is 0.868. The molecule has 1 fully saturated rings. The Bertz CT molecular complexity index is 488. The first-order chi connectivity index (χ1) is 9.74. The molecule has 0 bridgehead atoms. The number of benzene rings is 1. The van der Waals surface area contributed by atoms with Gasteiger partial charge in [-0.1, -0.05) is 24.3 Å². The van der Waals surface area contributed by atoms with Crippen LogP contribution in [-0.4, -0.2) is 54.5 Å². The van der Waals surface area contributed by atoms with Gasteiger partial charge < -0.3 is 10.2 Å². The summed E-state index contributed by atoms with van der Waals surface area (Å²) in [5, 5.41) is 3.36. The third kappa shape index (κ3) is 2.86. The Morgan fingerprint density at radius 2 is 2.10 bits per heavy atom. The van der Waals surface area contributed by atoms with Crippen molar-refractivity contribution in [3.05, 3.63) is 35.4 Å². The fraction of sp³-hybridized carbons (Fsp3) is 0.562. The van der Waals surface area contributed by atoms with Crippen LogP contribution >= 0.6 is 0 Å². The summed E-state index contributed by atoms with van der Waals surface area (Å²) >= 11 is 0. The van der Waals surface area contributed by atoms with Crippen LogP contribution in [0.15, 0.2) is 24.3 Å². The molecule has 1 aromatic rings. The van der Waals surface area contributed by atoms with Crippen molar-refractivity contribution >= 4 is 5.91 Å². The van der Waals surface area contributed by atoms with Crippen LogP contribution in [0.25, 0.3) is 0 Å². The maximum atomic E-state index is 12.5. The van der Waals surface area contributed by atoms with E-state index in [1.807, 2.05) is 4.90 Å². The Balaban J connectivity index is 1.61. The Morgan fingerprint density at radius 3 is 2.90 bits per heavy atom.